The highest BCUT2D eigenvalue weighted by Gasteiger charge is 2.28. The first-order chi connectivity index (χ1) is 30.2. The Hall–Kier alpha value is -4.65. The molecule has 0 spiro atoms. The Kier molecular flexibility index (Phi) is 29.5. The molecular formula is C51H78O12. The molecule has 0 radical (unpaired) electrons. The summed E-state index contributed by atoms with van der Waals surface area (Å²) in [6.07, 6.45) is 4.53. The third-order valence-corrected chi connectivity index (χ3v) is 10.5. The zero-order chi connectivity index (χ0) is 47.2. The van der Waals surface area contributed by atoms with Crippen molar-refractivity contribution in [3.05, 3.63) is 89.5 Å². The van der Waals surface area contributed by atoms with Gasteiger partial charge in [-0.3, -0.25) is 14.4 Å². The van der Waals surface area contributed by atoms with E-state index in [1.54, 1.807) is 6.92 Å². The van der Waals surface area contributed by atoms with Crippen molar-refractivity contribution in [3.8, 4) is 17.2 Å². The number of benzene rings is 3. The molecule has 3 rings (SSSR count). The minimum absolute atomic E-state index is 0.167. The first-order valence-electron chi connectivity index (χ1n) is 22.5. The van der Waals surface area contributed by atoms with E-state index in [2.05, 4.69) is 86.9 Å². The number of esters is 3. The molecule has 6 atom stereocenters. The molecule has 0 aromatic heterocycles. The van der Waals surface area contributed by atoms with Crippen LogP contribution in [0.5, 0.6) is 17.2 Å². The topological polar surface area (TPSA) is 134 Å². The van der Waals surface area contributed by atoms with Crippen LogP contribution in [0.15, 0.2) is 72.8 Å². The van der Waals surface area contributed by atoms with Crippen LogP contribution >= 0.6 is 0 Å². The number of rotatable bonds is 26. The summed E-state index contributed by atoms with van der Waals surface area (Å²) < 4.78 is 47.3. The van der Waals surface area contributed by atoms with Gasteiger partial charge >= 0.3 is 17.9 Å². The van der Waals surface area contributed by atoms with Gasteiger partial charge in [0.05, 0.1) is 41.2 Å². The highest BCUT2D eigenvalue weighted by Crippen LogP contribution is 2.25. The number of carbonyl (C=O) groups is 3. The summed E-state index contributed by atoms with van der Waals surface area (Å²) in [4.78, 5) is 34.1. The fraction of sp³-hybridized carbons (Fsp3) is 0.588. The van der Waals surface area contributed by atoms with Gasteiger partial charge in [-0.2, -0.15) is 0 Å². The largest absolute Gasteiger partial charge is 0.469 e. The smallest absolute Gasteiger partial charge is 0.320 e. The van der Waals surface area contributed by atoms with Gasteiger partial charge in [0.15, 0.2) is 24.8 Å². The van der Waals surface area contributed by atoms with Gasteiger partial charge in [-0.15, -0.1) is 0 Å². The fourth-order valence-electron chi connectivity index (χ4n) is 5.83. The van der Waals surface area contributed by atoms with Crippen molar-refractivity contribution in [2.75, 3.05) is 41.2 Å². The van der Waals surface area contributed by atoms with E-state index < -0.39 is 24.1 Å². The van der Waals surface area contributed by atoms with E-state index >= 15 is 0 Å². The summed E-state index contributed by atoms with van der Waals surface area (Å²) in [5, 5.41) is 0. The van der Waals surface area contributed by atoms with Crippen LogP contribution in [-0.2, 0) is 42.8 Å². The van der Waals surface area contributed by atoms with Gasteiger partial charge in [0, 0.05) is 6.42 Å². The highest BCUT2D eigenvalue weighted by molar-refractivity contribution is 5.94. The lowest BCUT2D eigenvalue weighted by Gasteiger charge is -2.18. The fourth-order valence-corrected chi connectivity index (χ4v) is 5.83. The molecule has 6 unspecified atom stereocenters. The van der Waals surface area contributed by atoms with Gasteiger partial charge < -0.3 is 42.6 Å². The quantitative estimate of drug-likeness (QED) is 0.0250. The number of methoxy groups -OCH3 is 3. The van der Waals surface area contributed by atoms with Crippen LogP contribution in [-0.4, -0.2) is 77.9 Å². The van der Waals surface area contributed by atoms with Crippen molar-refractivity contribution in [3.63, 3.8) is 0 Å². The van der Waals surface area contributed by atoms with Gasteiger partial charge in [-0.05, 0) is 130 Å². The van der Waals surface area contributed by atoms with E-state index in [0.29, 0.717) is 43.0 Å². The van der Waals surface area contributed by atoms with Gasteiger partial charge in [-0.25, -0.2) is 0 Å². The molecule has 0 saturated heterocycles. The molecule has 0 saturated carbocycles. The van der Waals surface area contributed by atoms with Crippen LogP contribution in [0.1, 0.15) is 149 Å². The summed E-state index contributed by atoms with van der Waals surface area (Å²) in [5.74, 6) is 1.58. The van der Waals surface area contributed by atoms with Crippen LogP contribution in [0.2, 0.25) is 0 Å². The normalized spacial score (nSPS) is 13.6. The molecule has 0 aliphatic carbocycles. The Morgan fingerprint density at radius 1 is 0.460 bits per heavy atom. The molecule has 3 aromatic rings. The molecule has 0 aliphatic rings. The Morgan fingerprint density at radius 2 is 0.794 bits per heavy atom. The van der Waals surface area contributed by atoms with Crippen molar-refractivity contribution in [1.82, 2.24) is 0 Å². The lowest BCUT2D eigenvalue weighted by atomic mass is 9.99. The monoisotopic (exact) mass is 883 g/mol. The second-order valence-corrected chi connectivity index (χ2v) is 15.4. The van der Waals surface area contributed by atoms with Crippen molar-refractivity contribution in [1.29, 1.82) is 0 Å². The number of hydrogen-bond donors (Lipinski definition) is 0. The second-order valence-electron chi connectivity index (χ2n) is 15.4. The van der Waals surface area contributed by atoms with E-state index in [0.717, 1.165) is 43.8 Å². The SMILES string of the molecule is CCC(C)c1ccc(OC(C)OCCC(C(=O)OC)C(=O)OC)cc1.CCC(C)c1ccc(OC(C)OCCCC(=O)OC)cc1.CCCOC(C)Oc1ccc(C(C)CC)cc1. The summed E-state index contributed by atoms with van der Waals surface area (Å²) in [5.41, 5.74) is 3.95. The Balaban J connectivity index is 0.000000481. The van der Waals surface area contributed by atoms with E-state index in [-0.39, 0.29) is 31.6 Å². The van der Waals surface area contributed by atoms with Crippen LogP contribution in [0, 0.1) is 5.92 Å². The van der Waals surface area contributed by atoms with Crippen molar-refractivity contribution in [2.45, 2.75) is 151 Å². The first-order valence-corrected chi connectivity index (χ1v) is 22.5. The second kappa shape index (κ2) is 32.9. The van der Waals surface area contributed by atoms with Crippen LogP contribution in [0.25, 0.3) is 0 Å². The average molecular weight is 883 g/mol. The third kappa shape index (κ3) is 23.6. The summed E-state index contributed by atoms with van der Waals surface area (Å²) in [6, 6.07) is 24.3. The molecule has 0 N–H and O–H groups in total. The minimum Gasteiger partial charge on any atom is -0.469 e. The van der Waals surface area contributed by atoms with Gasteiger partial charge in [0.25, 0.3) is 0 Å². The summed E-state index contributed by atoms with van der Waals surface area (Å²) in [7, 11) is 3.85. The zero-order valence-corrected chi connectivity index (χ0v) is 40.4. The molecule has 0 fully saturated rings. The lowest BCUT2D eigenvalue weighted by molar-refractivity contribution is -0.161. The van der Waals surface area contributed by atoms with Gasteiger partial charge in [0.1, 0.15) is 17.2 Å². The molecule has 12 heteroatoms. The lowest BCUT2D eigenvalue weighted by Crippen LogP contribution is -2.29. The Bertz CT molecular complexity index is 1630. The number of ether oxygens (including phenoxy) is 9. The minimum atomic E-state index is -0.989. The Labute approximate surface area is 378 Å². The maximum absolute atomic E-state index is 11.6. The van der Waals surface area contributed by atoms with Crippen LogP contribution in [0.3, 0.4) is 0 Å². The molecule has 63 heavy (non-hydrogen) atoms. The average Bonchev–Trinajstić information content (AvgIpc) is 3.30. The summed E-state index contributed by atoms with van der Waals surface area (Å²) >= 11 is 0. The number of carbonyl (C=O) groups excluding carboxylic acids is 3. The van der Waals surface area contributed by atoms with E-state index in [4.69, 9.17) is 28.4 Å². The van der Waals surface area contributed by atoms with Crippen molar-refractivity contribution in [2.24, 2.45) is 5.92 Å². The van der Waals surface area contributed by atoms with Gasteiger partial charge in [-0.1, -0.05) is 84.9 Å². The molecule has 354 valence electrons. The predicted octanol–water partition coefficient (Wildman–Crippen LogP) is 11.5. The van der Waals surface area contributed by atoms with Crippen LogP contribution < -0.4 is 14.2 Å². The van der Waals surface area contributed by atoms with Crippen molar-refractivity contribution < 1.29 is 57.0 Å². The van der Waals surface area contributed by atoms with E-state index in [1.165, 1.54) is 38.0 Å². The summed E-state index contributed by atoms with van der Waals surface area (Å²) in [6.45, 7) is 22.2. The Morgan fingerprint density at radius 3 is 1.10 bits per heavy atom. The third-order valence-electron chi connectivity index (χ3n) is 10.5. The van der Waals surface area contributed by atoms with E-state index in [9.17, 15) is 14.4 Å². The molecule has 12 nitrogen and oxygen atoms in total. The first kappa shape index (κ1) is 56.4. The van der Waals surface area contributed by atoms with Gasteiger partial charge in [0.2, 0.25) is 0 Å². The molecule has 3 aromatic carbocycles. The van der Waals surface area contributed by atoms with Crippen molar-refractivity contribution >= 4 is 17.9 Å². The maximum Gasteiger partial charge on any atom is 0.320 e. The van der Waals surface area contributed by atoms with Crippen LogP contribution in [0.4, 0.5) is 0 Å². The maximum atomic E-state index is 11.6. The highest BCUT2D eigenvalue weighted by atomic mass is 16.7. The zero-order valence-electron chi connectivity index (χ0n) is 40.4. The molecule has 0 amide bonds. The molecule has 0 heterocycles. The predicted molar refractivity (Wildman–Crippen MR) is 247 cm³/mol. The molecular weight excluding hydrogens is 805 g/mol. The van der Waals surface area contributed by atoms with E-state index in [1.807, 2.05) is 62.4 Å². The standard InChI is InChI=1S/C19H28O6.C17H26O4.C15H24O2/c1-6-13(2)15-7-9-16(10-8-15)25-14(3)24-12-11-17(18(20)22-4)19(21)23-5;1-5-13(2)15-8-10-16(11-9-15)21-14(3)20-12-6-7-17(18)19-4;1-5-11-16-13(4)17-15-9-7-14(8-10-15)12(3)6-2/h7-10,13-14,17H,6,11-12H2,1-5H3;8-11,13-14H,5-7,12H2,1-4H3;7-10,12-13H,5-6,11H2,1-4H3. The number of hydrogen-bond acceptors (Lipinski definition) is 12. The molecule has 0 bridgehead atoms. The molecule has 0 aliphatic heterocycles.